The summed E-state index contributed by atoms with van der Waals surface area (Å²) in [6.45, 7) is 10.1. The number of hydrogen-bond donors (Lipinski definition) is 2. The van der Waals surface area contributed by atoms with Crippen LogP contribution in [-0.4, -0.2) is 60.3 Å². The maximum absolute atomic E-state index is 14.9. The molecule has 0 atom stereocenters. The summed E-state index contributed by atoms with van der Waals surface area (Å²) in [6.07, 6.45) is 0.0450. The molecule has 70 heavy (non-hydrogen) atoms. The normalized spacial score (nSPS) is 15.2. The highest BCUT2D eigenvalue weighted by atomic mass is 35.5. The molecule has 0 spiro atoms. The van der Waals surface area contributed by atoms with Gasteiger partial charge < -0.3 is 19.1 Å². The second-order valence-corrected chi connectivity index (χ2v) is 18.8. The average molecular weight is 961 g/mol. The Hall–Kier alpha value is -7.33. The number of carbonyl (C=O) groups excluding carboxylic acids is 2. The van der Waals surface area contributed by atoms with Crippen LogP contribution in [0.2, 0.25) is 5.15 Å². The van der Waals surface area contributed by atoms with E-state index in [1.807, 2.05) is 88.4 Å². The number of H-pyrrole nitrogens is 2. The van der Waals surface area contributed by atoms with Crippen molar-refractivity contribution in [1.29, 1.82) is 0 Å². The van der Waals surface area contributed by atoms with E-state index in [0.717, 1.165) is 22.3 Å². The van der Waals surface area contributed by atoms with Gasteiger partial charge in [0, 0.05) is 42.5 Å². The van der Waals surface area contributed by atoms with Crippen molar-refractivity contribution >= 4 is 57.5 Å². The Labute approximate surface area is 407 Å². The van der Waals surface area contributed by atoms with Gasteiger partial charge in [0.25, 0.3) is 11.1 Å². The van der Waals surface area contributed by atoms with Crippen LogP contribution in [0.5, 0.6) is 0 Å². The minimum absolute atomic E-state index is 0.0000982. The molecule has 16 heteroatoms. The van der Waals surface area contributed by atoms with Crippen molar-refractivity contribution in [3.8, 4) is 11.3 Å². The Bertz CT molecular complexity index is 3370. The summed E-state index contributed by atoms with van der Waals surface area (Å²) >= 11 is 5.75. The number of benzene rings is 6. The largest absolute Gasteiger partial charge is 0.494 e. The number of nitrogens with one attached hydrogen (secondary N) is 2. The van der Waals surface area contributed by atoms with Crippen molar-refractivity contribution in [3.63, 3.8) is 0 Å². The van der Waals surface area contributed by atoms with Gasteiger partial charge in [-0.2, -0.15) is 10.2 Å². The van der Waals surface area contributed by atoms with Crippen LogP contribution in [0.3, 0.4) is 0 Å². The molecule has 12 nitrogen and oxygen atoms in total. The van der Waals surface area contributed by atoms with Crippen LogP contribution in [-0.2, 0) is 57.9 Å². The van der Waals surface area contributed by atoms with Gasteiger partial charge in [0.15, 0.2) is 5.15 Å². The van der Waals surface area contributed by atoms with Crippen molar-refractivity contribution in [2.75, 3.05) is 0 Å². The quantitative estimate of drug-likeness (QED) is 0.157. The van der Waals surface area contributed by atoms with Gasteiger partial charge in [-0.1, -0.05) is 121 Å². The number of aromatic nitrogens is 4. The van der Waals surface area contributed by atoms with E-state index in [1.165, 1.54) is 12.1 Å². The van der Waals surface area contributed by atoms with E-state index in [1.54, 1.807) is 70.5 Å². The van der Waals surface area contributed by atoms with E-state index in [0.29, 0.717) is 80.7 Å². The van der Waals surface area contributed by atoms with Gasteiger partial charge in [0.2, 0.25) is 11.8 Å². The van der Waals surface area contributed by atoms with Crippen LogP contribution in [0.4, 0.5) is 8.78 Å². The zero-order valence-electron chi connectivity index (χ0n) is 38.9. The molecule has 2 aromatic heterocycles. The van der Waals surface area contributed by atoms with Gasteiger partial charge in [-0.05, 0) is 90.8 Å². The number of rotatable bonds is 6. The summed E-state index contributed by atoms with van der Waals surface area (Å²) in [6, 6.07) is 39.7. The van der Waals surface area contributed by atoms with Crippen molar-refractivity contribution < 1.29 is 27.7 Å². The molecule has 11 rings (SSSR count). The highest BCUT2D eigenvalue weighted by Crippen LogP contribution is 2.37. The molecule has 0 aliphatic carbocycles. The molecule has 354 valence electrons. The minimum atomic E-state index is -0.614. The lowest BCUT2D eigenvalue weighted by molar-refractivity contribution is -0.131. The maximum atomic E-state index is 14.9. The van der Waals surface area contributed by atoms with Crippen LogP contribution in [0.1, 0.15) is 61.1 Å². The van der Waals surface area contributed by atoms with Crippen molar-refractivity contribution in [1.82, 2.24) is 30.2 Å². The van der Waals surface area contributed by atoms with Gasteiger partial charge in [-0.3, -0.25) is 19.2 Å². The molecule has 0 unspecified atom stereocenters. The Morgan fingerprint density at radius 1 is 0.586 bits per heavy atom. The van der Waals surface area contributed by atoms with Crippen molar-refractivity contribution in [2.45, 2.75) is 77.9 Å². The molecule has 1 saturated heterocycles. The first kappa shape index (κ1) is 47.7. The van der Waals surface area contributed by atoms with Crippen LogP contribution in [0.15, 0.2) is 143 Å². The summed E-state index contributed by atoms with van der Waals surface area (Å²) in [4.78, 5) is 52.0. The maximum Gasteiger partial charge on any atom is 0.494 e. The molecule has 0 radical (unpaired) electrons. The smallest absolute Gasteiger partial charge is 0.399 e. The monoisotopic (exact) mass is 960 g/mol. The molecular weight excluding hydrogens is 913 g/mol. The summed E-state index contributed by atoms with van der Waals surface area (Å²) in [7, 11) is -0.614. The van der Waals surface area contributed by atoms with E-state index < -0.39 is 30.0 Å². The lowest BCUT2D eigenvalue weighted by atomic mass is 9.78. The zero-order valence-corrected chi connectivity index (χ0v) is 39.6. The molecule has 8 aromatic rings. The summed E-state index contributed by atoms with van der Waals surface area (Å²) in [5.74, 6) is -1.05. The fourth-order valence-corrected chi connectivity index (χ4v) is 8.86. The summed E-state index contributed by atoms with van der Waals surface area (Å²) in [5, 5.41) is 15.2. The first-order chi connectivity index (χ1) is 33.5. The van der Waals surface area contributed by atoms with Crippen LogP contribution < -0.4 is 16.6 Å². The van der Waals surface area contributed by atoms with Crippen LogP contribution in [0, 0.1) is 11.6 Å². The predicted molar refractivity (Wildman–Crippen MR) is 266 cm³/mol. The lowest BCUT2D eigenvalue weighted by Crippen LogP contribution is -2.41. The molecule has 2 amide bonds. The van der Waals surface area contributed by atoms with Gasteiger partial charge in [0.1, 0.15) is 11.6 Å². The molecule has 0 bridgehead atoms. The minimum Gasteiger partial charge on any atom is -0.399 e. The Morgan fingerprint density at radius 3 is 1.47 bits per heavy atom. The van der Waals surface area contributed by atoms with Gasteiger partial charge in [0.05, 0.1) is 40.5 Å². The third-order valence-corrected chi connectivity index (χ3v) is 13.6. The molecule has 3 aliphatic heterocycles. The standard InChI is InChI=1S/C24H18FN3O2.C22H25BFNO3.C8H5ClN2O/c25-21-11-16(23-19-7-3-4-8-20(19)24(30)27-26-23)10-9-15(21)12-22(29)28-13-17-5-1-2-6-18(17)14-28;1-21(2)22(3,4)28-23(27-21)18-10-9-15(19(24)12-18)11-20(26)25-13-16-7-5-6-8-17(16)14-25;9-7-5-3-1-2-4-6(5)8(12)11-10-7/h1-11H,12-14H2,(H,27,30);5-10,12H,11,13-14H2,1-4H3;1-4H,(H,11,12). The summed E-state index contributed by atoms with van der Waals surface area (Å²) in [5.41, 5.74) is 5.53. The Balaban J connectivity index is 0.000000141. The van der Waals surface area contributed by atoms with Crippen LogP contribution in [0.25, 0.3) is 32.8 Å². The molecule has 2 N–H and O–H groups in total. The molecule has 5 heterocycles. The summed E-state index contributed by atoms with van der Waals surface area (Å²) < 4.78 is 41.5. The number of fused-ring (bicyclic) bond motifs is 4. The van der Waals surface area contributed by atoms with Gasteiger partial charge >= 0.3 is 7.12 Å². The van der Waals surface area contributed by atoms with E-state index >= 15 is 0 Å². The fraction of sp³-hybridized carbons (Fsp3) is 0.222. The second kappa shape index (κ2) is 19.6. The first-order valence-corrected chi connectivity index (χ1v) is 23.2. The van der Waals surface area contributed by atoms with Crippen molar-refractivity contribution in [2.24, 2.45) is 0 Å². The predicted octanol–water partition coefficient (Wildman–Crippen LogP) is 8.60. The molecule has 6 aromatic carbocycles. The number of amides is 2. The molecular formula is C54H48BClF2N6O6. The highest BCUT2D eigenvalue weighted by Gasteiger charge is 2.51. The van der Waals surface area contributed by atoms with Crippen LogP contribution >= 0.6 is 11.6 Å². The third kappa shape index (κ3) is 9.91. The zero-order chi connectivity index (χ0) is 49.3. The SMILES string of the molecule is CC1(C)OB(c2ccc(CC(=O)N3Cc4ccccc4C3)c(F)c2)OC1(C)C.O=C(Cc1ccc(-c2n[nH]c(=O)c3ccccc23)cc1F)N1Cc2ccccc2C1.O=c1[nH]nc(Cl)c2ccccc12. The topological polar surface area (TPSA) is 151 Å². The fourth-order valence-electron chi connectivity index (χ4n) is 8.66. The number of halogens is 3. The van der Waals surface area contributed by atoms with Crippen molar-refractivity contribution in [3.05, 3.63) is 204 Å². The van der Waals surface area contributed by atoms with E-state index in [-0.39, 0.29) is 35.8 Å². The second-order valence-electron chi connectivity index (χ2n) is 18.5. The number of nitrogens with zero attached hydrogens (tertiary/aromatic N) is 4. The Kier molecular flexibility index (Phi) is 13.4. The molecule has 0 saturated carbocycles. The van der Waals surface area contributed by atoms with E-state index in [9.17, 15) is 28.0 Å². The Morgan fingerprint density at radius 2 is 1.00 bits per heavy atom. The number of carbonyl (C=O) groups is 2. The molecule has 3 aliphatic rings. The van der Waals surface area contributed by atoms with E-state index in [2.05, 4.69) is 20.4 Å². The molecule has 1 fully saturated rings. The third-order valence-electron chi connectivity index (χ3n) is 13.3. The first-order valence-electron chi connectivity index (χ1n) is 22.8. The van der Waals surface area contributed by atoms with E-state index in [4.69, 9.17) is 20.9 Å². The number of hydrogen-bond acceptors (Lipinski definition) is 8. The number of aromatic amines is 2. The lowest BCUT2D eigenvalue weighted by Gasteiger charge is -2.32. The van der Waals surface area contributed by atoms with Gasteiger partial charge in [-0.25, -0.2) is 19.0 Å². The highest BCUT2D eigenvalue weighted by molar-refractivity contribution is 6.62. The average Bonchev–Trinajstić information content (AvgIpc) is 4.05. The van der Waals surface area contributed by atoms with Gasteiger partial charge in [-0.15, -0.1) is 0 Å².